The number of hydrogen-bond acceptors (Lipinski definition) is 4. The van der Waals surface area contributed by atoms with Crippen LogP contribution in [0.2, 0.25) is 0 Å². The van der Waals surface area contributed by atoms with Crippen molar-refractivity contribution in [3.8, 4) is 17.2 Å². The second-order valence-corrected chi connectivity index (χ2v) is 4.98. The summed E-state index contributed by atoms with van der Waals surface area (Å²) in [7, 11) is 1.54. The second kappa shape index (κ2) is 6.88. The van der Waals surface area contributed by atoms with Crippen molar-refractivity contribution in [1.29, 1.82) is 0 Å². The maximum absolute atomic E-state index is 10.1. The molecule has 2 aromatic rings. The van der Waals surface area contributed by atoms with E-state index >= 15 is 0 Å². The summed E-state index contributed by atoms with van der Waals surface area (Å²) in [5, 5.41) is 13.4. The number of benzene rings is 2. The fourth-order valence-corrected chi connectivity index (χ4v) is 2.03. The normalized spacial score (nSPS) is 10.5. The number of aromatic hydroxyl groups is 1. The Morgan fingerprint density at radius 1 is 1.05 bits per heavy atom. The Hall–Kier alpha value is -2.36. The van der Waals surface area contributed by atoms with Crippen LogP contribution in [0.25, 0.3) is 0 Å². The van der Waals surface area contributed by atoms with Crippen molar-refractivity contribution >= 4 is 5.69 Å². The number of nitrogens with one attached hydrogen (secondary N) is 1. The van der Waals surface area contributed by atoms with Gasteiger partial charge in [-0.2, -0.15) is 0 Å². The molecule has 4 nitrogen and oxygen atoms in total. The average Bonchev–Trinajstić information content (AvgIpc) is 2.47. The molecule has 21 heavy (non-hydrogen) atoms. The molecule has 112 valence electrons. The number of methoxy groups -OCH3 is 1. The van der Waals surface area contributed by atoms with E-state index in [1.54, 1.807) is 6.07 Å². The molecule has 2 rings (SSSR count). The Kier molecular flexibility index (Phi) is 4.93. The highest BCUT2D eigenvalue weighted by Crippen LogP contribution is 2.31. The van der Waals surface area contributed by atoms with E-state index in [-0.39, 0.29) is 11.9 Å². The second-order valence-electron chi connectivity index (χ2n) is 4.98. The van der Waals surface area contributed by atoms with Crippen molar-refractivity contribution in [2.75, 3.05) is 12.4 Å². The summed E-state index contributed by atoms with van der Waals surface area (Å²) in [4.78, 5) is 0. The Morgan fingerprint density at radius 3 is 2.48 bits per heavy atom. The van der Waals surface area contributed by atoms with Crippen LogP contribution in [0.1, 0.15) is 19.4 Å². The highest BCUT2D eigenvalue weighted by atomic mass is 16.5. The Balaban J connectivity index is 2.13. The van der Waals surface area contributed by atoms with Crippen LogP contribution in [-0.2, 0) is 6.54 Å². The molecule has 0 radical (unpaired) electrons. The molecule has 0 saturated heterocycles. The number of phenolic OH excluding ortho intramolecular Hbond substituents is 1. The van der Waals surface area contributed by atoms with Gasteiger partial charge in [0.1, 0.15) is 5.75 Å². The molecule has 0 spiro atoms. The monoisotopic (exact) mass is 287 g/mol. The predicted molar refractivity (Wildman–Crippen MR) is 84.2 cm³/mol. The average molecular weight is 287 g/mol. The maximum Gasteiger partial charge on any atom is 0.162 e. The predicted octanol–water partition coefficient (Wildman–Crippen LogP) is 3.80. The minimum atomic E-state index is 0.109. The number of hydrogen-bond donors (Lipinski definition) is 2. The van der Waals surface area contributed by atoms with Gasteiger partial charge in [0.25, 0.3) is 0 Å². The van der Waals surface area contributed by atoms with Crippen LogP contribution in [0.5, 0.6) is 17.2 Å². The van der Waals surface area contributed by atoms with Crippen molar-refractivity contribution in [2.24, 2.45) is 0 Å². The number of anilines is 1. The summed E-state index contributed by atoms with van der Waals surface area (Å²) >= 11 is 0. The number of ether oxygens (including phenoxy) is 2. The van der Waals surface area contributed by atoms with Crippen molar-refractivity contribution in [3.63, 3.8) is 0 Å². The largest absolute Gasteiger partial charge is 0.504 e. The van der Waals surface area contributed by atoms with Crippen molar-refractivity contribution in [3.05, 3.63) is 48.0 Å². The van der Waals surface area contributed by atoms with Gasteiger partial charge >= 0.3 is 0 Å². The lowest BCUT2D eigenvalue weighted by Crippen LogP contribution is -2.08. The van der Waals surface area contributed by atoms with Gasteiger partial charge in [-0.25, -0.2) is 0 Å². The Morgan fingerprint density at radius 2 is 1.76 bits per heavy atom. The minimum Gasteiger partial charge on any atom is -0.504 e. The standard InChI is InChI=1S/C17H21NO3/c1-12(2)21-15-9-5-4-8-14(15)18-11-13-7-6-10-16(20-3)17(13)19/h4-10,12,18-19H,11H2,1-3H3. The Bertz CT molecular complexity index is 596. The molecule has 2 N–H and O–H groups in total. The quantitative estimate of drug-likeness (QED) is 0.848. The molecule has 0 amide bonds. The summed E-state index contributed by atoms with van der Waals surface area (Å²) in [5.74, 6) is 1.44. The highest BCUT2D eigenvalue weighted by Gasteiger charge is 2.09. The van der Waals surface area contributed by atoms with Gasteiger partial charge in [0.2, 0.25) is 0 Å². The SMILES string of the molecule is COc1cccc(CNc2ccccc2OC(C)C)c1O. The number of para-hydroxylation sites is 3. The lowest BCUT2D eigenvalue weighted by atomic mass is 10.1. The first-order chi connectivity index (χ1) is 10.1. The first-order valence-corrected chi connectivity index (χ1v) is 6.96. The molecular formula is C17H21NO3. The molecule has 0 heterocycles. The van der Waals surface area contributed by atoms with Gasteiger partial charge in [0.05, 0.1) is 18.9 Å². The van der Waals surface area contributed by atoms with E-state index in [1.165, 1.54) is 7.11 Å². The molecule has 0 aliphatic heterocycles. The van der Waals surface area contributed by atoms with Gasteiger partial charge in [0.15, 0.2) is 11.5 Å². The molecular weight excluding hydrogens is 266 g/mol. The van der Waals surface area contributed by atoms with Gasteiger partial charge in [0, 0.05) is 12.1 Å². The van der Waals surface area contributed by atoms with E-state index < -0.39 is 0 Å². The molecule has 4 heteroatoms. The van der Waals surface area contributed by atoms with Gasteiger partial charge in [-0.15, -0.1) is 0 Å². The number of phenols is 1. The van der Waals surface area contributed by atoms with E-state index in [9.17, 15) is 5.11 Å². The van der Waals surface area contributed by atoms with Crippen molar-refractivity contribution in [2.45, 2.75) is 26.5 Å². The molecule has 2 aromatic carbocycles. The summed E-state index contributed by atoms with van der Waals surface area (Å²) in [6.07, 6.45) is 0.109. The third-order valence-corrected chi connectivity index (χ3v) is 3.02. The lowest BCUT2D eigenvalue weighted by molar-refractivity contribution is 0.243. The summed E-state index contributed by atoms with van der Waals surface area (Å²) < 4.78 is 10.9. The zero-order chi connectivity index (χ0) is 15.2. The maximum atomic E-state index is 10.1. The third kappa shape index (κ3) is 3.81. The van der Waals surface area contributed by atoms with E-state index in [4.69, 9.17) is 9.47 Å². The van der Waals surface area contributed by atoms with Gasteiger partial charge < -0.3 is 19.9 Å². The minimum absolute atomic E-state index is 0.109. The van der Waals surface area contributed by atoms with Crippen molar-refractivity contribution in [1.82, 2.24) is 0 Å². The molecule has 0 fully saturated rings. The van der Waals surface area contributed by atoms with E-state index in [2.05, 4.69) is 5.32 Å². The van der Waals surface area contributed by atoms with Crippen LogP contribution in [0.4, 0.5) is 5.69 Å². The molecule has 0 aliphatic rings. The summed E-state index contributed by atoms with van der Waals surface area (Å²) in [5.41, 5.74) is 1.67. The van der Waals surface area contributed by atoms with Crippen molar-refractivity contribution < 1.29 is 14.6 Å². The molecule has 0 saturated carbocycles. The molecule has 0 bridgehead atoms. The molecule has 0 aromatic heterocycles. The van der Waals surface area contributed by atoms with Crippen LogP contribution in [0, 0.1) is 0 Å². The van der Waals surface area contributed by atoms with Crippen LogP contribution in [0.15, 0.2) is 42.5 Å². The molecule has 0 atom stereocenters. The van der Waals surface area contributed by atoms with E-state index in [0.717, 1.165) is 17.0 Å². The van der Waals surface area contributed by atoms with E-state index in [1.807, 2.05) is 50.2 Å². The Labute approximate surface area is 125 Å². The highest BCUT2D eigenvalue weighted by molar-refractivity contribution is 5.57. The lowest BCUT2D eigenvalue weighted by Gasteiger charge is -2.16. The van der Waals surface area contributed by atoms with E-state index in [0.29, 0.717) is 12.3 Å². The smallest absolute Gasteiger partial charge is 0.162 e. The topological polar surface area (TPSA) is 50.7 Å². The summed E-state index contributed by atoms with van der Waals surface area (Å²) in [6, 6.07) is 13.2. The third-order valence-electron chi connectivity index (χ3n) is 3.02. The first kappa shape index (κ1) is 15.0. The van der Waals surface area contributed by atoms with Gasteiger partial charge in [-0.05, 0) is 32.0 Å². The van der Waals surface area contributed by atoms with Gasteiger partial charge in [-0.3, -0.25) is 0 Å². The summed E-state index contributed by atoms with van der Waals surface area (Å²) in [6.45, 7) is 4.47. The van der Waals surface area contributed by atoms with Crippen LogP contribution in [-0.4, -0.2) is 18.3 Å². The fourth-order valence-electron chi connectivity index (χ4n) is 2.03. The fraction of sp³-hybridized carbons (Fsp3) is 0.294. The molecule has 0 aliphatic carbocycles. The zero-order valence-corrected chi connectivity index (χ0v) is 12.6. The first-order valence-electron chi connectivity index (χ1n) is 6.96. The van der Waals surface area contributed by atoms with Gasteiger partial charge in [-0.1, -0.05) is 24.3 Å². The van der Waals surface area contributed by atoms with Crippen LogP contribution < -0.4 is 14.8 Å². The zero-order valence-electron chi connectivity index (χ0n) is 12.6. The van der Waals surface area contributed by atoms with Crippen LogP contribution in [0.3, 0.4) is 0 Å². The van der Waals surface area contributed by atoms with Crippen LogP contribution >= 0.6 is 0 Å². The number of rotatable bonds is 6. The molecule has 0 unspecified atom stereocenters.